The molecule has 4 rings (SSSR count). The van der Waals surface area contributed by atoms with Gasteiger partial charge < -0.3 is 10.6 Å². The summed E-state index contributed by atoms with van der Waals surface area (Å²) in [6.07, 6.45) is 4.25. The minimum atomic E-state index is -0.194. The standard InChI is InChI=1S/C17H21FN2O/c18-12-3-1-2-11(8-12)13-9-15(13)20-16(21)14-10-17(14)4-6-19-7-5-17/h1-3,8,13-15,19H,4-7,9-10H2,(H,20,21). The molecule has 1 spiro atoms. The van der Waals surface area contributed by atoms with Crippen molar-refractivity contribution >= 4 is 5.91 Å². The summed E-state index contributed by atoms with van der Waals surface area (Å²) in [7, 11) is 0. The molecule has 3 atom stereocenters. The van der Waals surface area contributed by atoms with E-state index in [4.69, 9.17) is 0 Å². The molecule has 2 saturated carbocycles. The zero-order valence-corrected chi connectivity index (χ0v) is 12.1. The van der Waals surface area contributed by atoms with Crippen molar-refractivity contribution in [2.75, 3.05) is 13.1 Å². The van der Waals surface area contributed by atoms with Crippen molar-refractivity contribution in [3.05, 3.63) is 35.6 Å². The largest absolute Gasteiger partial charge is 0.352 e. The van der Waals surface area contributed by atoms with E-state index in [-0.39, 0.29) is 23.7 Å². The lowest BCUT2D eigenvalue weighted by Crippen LogP contribution is -2.34. The molecule has 1 aliphatic heterocycles. The van der Waals surface area contributed by atoms with E-state index < -0.39 is 0 Å². The number of nitrogens with one attached hydrogen (secondary N) is 2. The van der Waals surface area contributed by atoms with Crippen LogP contribution in [-0.4, -0.2) is 25.0 Å². The maximum absolute atomic E-state index is 13.2. The Morgan fingerprint density at radius 2 is 2.14 bits per heavy atom. The molecule has 2 N–H and O–H groups in total. The smallest absolute Gasteiger partial charge is 0.223 e. The van der Waals surface area contributed by atoms with Crippen molar-refractivity contribution in [2.24, 2.45) is 11.3 Å². The first kappa shape index (κ1) is 13.3. The Morgan fingerprint density at radius 3 is 2.90 bits per heavy atom. The molecule has 1 amide bonds. The fourth-order valence-corrected chi connectivity index (χ4v) is 3.94. The summed E-state index contributed by atoms with van der Waals surface area (Å²) < 4.78 is 13.2. The van der Waals surface area contributed by atoms with Gasteiger partial charge in [0.05, 0.1) is 0 Å². The van der Waals surface area contributed by atoms with Gasteiger partial charge in [-0.05, 0) is 61.9 Å². The average molecular weight is 288 g/mol. The van der Waals surface area contributed by atoms with Gasteiger partial charge in [-0.1, -0.05) is 12.1 Å². The first-order chi connectivity index (χ1) is 10.2. The number of carbonyl (C=O) groups excluding carboxylic acids is 1. The molecule has 0 bridgehead atoms. The number of hydrogen-bond donors (Lipinski definition) is 2. The number of rotatable bonds is 3. The monoisotopic (exact) mass is 288 g/mol. The highest BCUT2D eigenvalue weighted by Gasteiger charge is 2.58. The van der Waals surface area contributed by atoms with Crippen LogP contribution in [0.15, 0.2) is 24.3 Å². The van der Waals surface area contributed by atoms with E-state index in [1.54, 1.807) is 12.1 Å². The van der Waals surface area contributed by atoms with Crippen LogP contribution in [0.4, 0.5) is 4.39 Å². The van der Waals surface area contributed by atoms with Crippen molar-refractivity contribution in [3.63, 3.8) is 0 Å². The molecule has 1 aromatic carbocycles. The Morgan fingerprint density at radius 1 is 1.33 bits per heavy atom. The van der Waals surface area contributed by atoms with Gasteiger partial charge in [0.25, 0.3) is 0 Å². The van der Waals surface area contributed by atoms with Crippen LogP contribution in [0.3, 0.4) is 0 Å². The molecule has 0 aromatic heterocycles. The first-order valence-corrected chi connectivity index (χ1v) is 7.95. The molecule has 21 heavy (non-hydrogen) atoms. The highest BCUT2D eigenvalue weighted by molar-refractivity contribution is 5.83. The highest BCUT2D eigenvalue weighted by atomic mass is 19.1. The van der Waals surface area contributed by atoms with Gasteiger partial charge in [0, 0.05) is 17.9 Å². The molecular weight excluding hydrogens is 267 g/mol. The van der Waals surface area contributed by atoms with E-state index in [0.29, 0.717) is 11.3 Å². The zero-order chi connectivity index (χ0) is 14.4. The summed E-state index contributed by atoms with van der Waals surface area (Å²) in [5.74, 6) is 0.543. The molecule has 1 heterocycles. The van der Waals surface area contributed by atoms with E-state index in [2.05, 4.69) is 10.6 Å². The number of halogens is 1. The molecule has 3 unspecified atom stereocenters. The maximum Gasteiger partial charge on any atom is 0.223 e. The second-order valence-corrected chi connectivity index (χ2v) is 6.88. The average Bonchev–Trinajstić information content (AvgIpc) is 3.37. The third-order valence-electron chi connectivity index (χ3n) is 5.50. The number of amides is 1. The minimum Gasteiger partial charge on any atom is -0.352 e. The topological polar surface area (TPSA) is 41.1 Å². The van der Waals surface area contributed by atoms with E-state index >= 15 is 0 Å². The van der Waals surface area contributed by atoms with E-state index in [0.717, 1.165) is 44.3 Å². The van der Waals surface area contributed by atoms with Gasteiger partial charge in [-0.3, -0.25) is 4.79 Å². The predicted molar refractivity (Wildman–Crippen MR) is 78.3 cm³/mol. The summed E-state index contributed by atoms with van der Waals surface area (Å²) in [5, 5.41) is 6.53. The summed E-state index contributed by atoms with van der Waals surface area (Å²) in [5.41, 5.74) is 1.30. The van der Waals surface area contributed by atoms with E-state index in [1.165, 1.54) is 6.07 Å². The third kappa shape index (κ3) is 2.46. The van der Waals surface area contributed by atoms with Crippen molar-refractivity contribution < 1.29 is 9.18 Å². The molecule has 3 nitrogen and oxygen atoms in total. The number of benzene rings is 1. The van der Waals surface area contributed by atoms with Crippen LogP contribution >= 0.6 is 0 Å². The van der Waals surface area contributed by atoms with Crippen molar-refractivity contribution in [1.29, 1.82) is 0 Å². The summed E-state index contributed by atoms with van der Waals surface area (Å²) in [6, 6.07) is 6.95. The van der Waals surface area contributed by atoms with Gasteiger partial charge in [-0.25, -0.2) is 4.39 Å². The summed E-state index contributed by atoms with van der Waals surface area (Å²) in [6.45, 7) is 2.08. The van der Waals surface area contributed by atoms with Crippen LogP contribution in [0, 0.1) is 17.2 Å². The lowest BCUT2D eigenvalue weighted by Gasteiger charge is -2.23. The molecule has 1 saturated heterocycles. The third-order valence-corrected chi connectivity index (χ3v) is 5.50. The molecule has 0 radical (unpaired) electrons. The lowest BCUT2D eigenvalue weighted by atomic mass is 9.92. The zero-order valence-electron chi connectivity index (χ0n) is 12.1. The quantitative estimate of drug-likeness (QED) is 0.895. The fourth-order valence-electron chi connectivity index (χ4n) is 3.94. The second kappa shape index (κ2) is 4.80. The molecule has 112 valence electrons. The Bertz CT molecular complexity index is 568. The Hall–Kier alpha value is -1.42. The number of carbonyl (C=O) groups is 1. The van der Waals surface area contributed by atoms with Gasteiger partial charge >= 0.3 is 0 Å². The van der Waals surface area contributed by atoms with Gasteiger partial charge in [-0.15, -0.1) is 0 Å². The van der Waals surface area contributed by atoms with E-state index in [9.17, 15) is 9.18 Å². The van der Waals surface area contributed by atoms with Crippen LogP contribution in [0.25, 0.3) is 0 Å². The minimum absolute atomic E-state index is 0.194. The number of hydrogen-bond acceptors (Lipinski definition) is 2. The molecule has 4 heteroatoms. The van der Waals surface area contributed by atoms with Crippen molar-refractivity contribution in [2.45, 2.75) is 37.6 Å². The van der Waals surface area contributed by atoms with Crippen LogP contribution in [0.1, 0.15) is 37.2 Å². The molecule has 2 aliphatic carbocycles. The molecule has 1 aromatic rings. The fraction of sp³-hybridized carbons (Fsp3) is 0.588. The van der Waals surface area contributed by atoms with Gasteiger partial charge in [0.2, 0.25) is 5.91 Å². The van der Waals surface area contributed by atoms with Crippen LogP contribution in [0.5, 0.6) is 0 Å². The predicted octanol–water partition coefficient (Wildman–Crippen LogP) is 2.19. The SMILES string of the molecule is O=C(NC1CC1c1cccc(F)c1)C1CC12CCNCC2. The Balaban J connectivity index is 1.33. The van der Waals surface area contributed by atoms with Crippen molar-refractivity contribution in [3.8, 4) is 0 Å². The van der Waals surface area contributed by atoms with Gasteiger partial charge in [0.15, 0.2) is 0 Å². The molecule has 3 aliphatic rings. The second-order valence-electron chi connectivity index (χ2n) is 6.88. The maximum atomic E-state index is 13.2. The highest BCUT2D eigenvalue weighted by Crippen LogP contribution is 2.59. The molecule has 3 fully saturated rings. The first-order valence-electron chi connectivity index (χ1n) is 7.95. The van der Waals surface area contributed by atoms with Crippen molar-refractivity contribution in [1.82, 2.24) is 10.6 Å². The van der Waals surface area contributed by atoms with Crippen LogP contribution < -0.4 is 10.6 Å². The van der Waals surface area contributed by atoms with E-state index in [1.807, 2.05) is 6.07 Å². The number of piperidine rings is 1. The Kier molecular flexibility index (Phi) is 3.03. The summed E-state index contributed by atoms with van der Waals surface area (Å²) >= 11 is 0. The van der Waals surface area contributed by atoms with Gasteiger partial charge in [0.1, 0.15) is 5.82 Å². The lowest BCUT2D eigenvalue weighted by molar-refractivity contribution is -0.123. The Labute approximate surface area is 124 Å². The van der Waals surface area contributed by atoms with Gasteiger partial charge in [-0.2, -0.15) is 0 Å². The normalized spacial score (nSPS) is 32.7. The van der Waals surface area contributed by atoms with Crippen LogP contribution in [0.2, 0.25) is 0 Å². The van der Waals surface area contributed by atoms with Crippen LogP contribution in [-0.2, 0) is 4.79 Å². The molecular formula is C17H21FN2O. The summed E-state index contributed by atoms with van der Waals surface area (Å²) in [4.78, 5) is 12.4.